The second-order valence-corrected chi connectivity index (χ2v) is 1.55. The Bertz CT molecular complexity index is 42.8. The molecule has 1 rings (SSSR count). The van der Waals surface area contributed by atoms with E-state index in [1.54, 1.807) is 0 Å². The third-order valence-electron chi connectivity index (χ3n) is 0.947. The Balaban J connectivity index is 1.88. The molecule has 0 atom stereocenters. The number of hydrogen-bond donors (Lipinski definition) is 0. The Morgan fingerprint density at radius 1 is 1.50 bits per heavy atom. The van der Waals surface area contributed by atoms with Gasteiger partial charge in [0.1, 0.15) is 0 Å². The fourth-order valence-corrected chi connectivity index (χ4v) is 0.423. The van der Waals surface area contributed by atoms with Crippen LogP contribution in [0.15, 0.2) is 0 Å². The minimum Gasteiger partial charge on any atom is -0.298 e. The van der Waals surface area contributed by atoms with E-state index in [-0.39, 0.29) is 6.61 Å². The van der Waals surface area contributed by atoms with Crippen molar-refractivity contribution in [1.29, 1.82) is 0 Å². The van der Waals surface area contributed by atoms with Crippen LogP contribution in [-0.2, 0) is 5.11 Å². The predicted molar refractivity (Wildman–Crippen MR) is 22.0 cm³/mol. The third-order valence-corrected chi connectivity index (χ3v) is 0.947. The first kappa shape index (κ1) is 4.09. The zero-order valence-corrected chi connectivity index (χ0v) is 3.68. The molecular weight excluding hydrogens is 78.0 g/mol. The highest BCUT2D eigenvalue weighted by Gasteiger charge is 2.14. The lowest BCUT2D eigenvalue weighted by Crippen LogP contribution is -2.01. The second-order valence-electron chi connectivity index (χ2n) is 1.55. The summed E-state index contributed by atoms with van der Waals surface area (Å²) in [4.78, 5) is 2.12. The van der Waals surface area contributed by atoms with Crippen LogP contribution >= 0.6 is 0 Å². The first-order valence-electron chi connectivity index (χ1n) is 2.24. The Hall–Kier alpha value is -0.0800. The molecule has 0 bridgehead atoms. The zero-order valence-electron chi connectivity index (χ0n) is 3.68. The van der Waals surface area contributed by atoms with Crippen molar-refractivity contribution < 1.29 is 5.11 Å². The molecule has 1 aliphatic rings. The van der Waals surface area contributed by atoms with E-state index < -0.39 is 0 Å². The average Bonchev–Trinajstić information content (AvgIpc) is 2.21. The minimum absolute atomic E-state index is 0.0694. The summed E-state index contributed by atoms with van der Waals surface area (Å²) in [7, 11) is 0. The molecule has 1 fully saturated rings. The summed E-state index contributed by atoms with van der Waals surface area (Å²) in [6, 6.07) is 0. The SMILES string of the molecule is [O]CCN1CC1. The van der Waals surface area contributed by atoms with Gasteiger partial charge in [-0.3, -0.25) is 4.90 Å². The van der Waals surface area contributed by atoms with Gasteiger partial charge >= 0.3 is 0 Å². The van der Waals surface area contributed by atoms with Gasteiger partial charge in [0.2, 0.25) is 0 Å². The van der Waals surface area contributed by atoms with Gasteiger partial charge in [-0.2, -0.15) is 0 Å². The average molecular weight is 86.1 g/mol. The molecular formula is C4H8NO. The Morgan fingerprint density at radius 3 is 2.33 bits per heavy atom. The molecule has 0 aliphatic carbocycles. The second kappa shape index (κ2) is 1.58. The maximum atomic E-state index is 9.74. The lowest BCUT2D eigenvalue weighted by Gasteiger charge is -1.86. The summed E-state index contributed by atoms with van der Waals surface area (Å²) in [5.74, 6) is 0. The van der Waals surface area contributed by atoms with Crippen molar-refractivity contribution in [3.05, 3.63) is 0 Å². The number of hydrogen-bond acceptors (Lipinski definition) is 1. The molecule has 0 spiro atoms. The maximum Gasteiger partial charge on any atom is 0.0949 e. The molecule has 0 saturated carbocycles. The highest BCUT2D eigenvalue weighted by Crippen LogP contribution is 1.99. The zero-order chi connectivity index (χ0) is 4.41. The largest absolute Gasteiger partial charge is 0.298 e. The van der Waals surface area contributed by atoms with E-state index >= 15 is 0 Å². The standard InChI is InChI=1S/C4H8NO/c6-4-3-5-1-2-5/h1-4H2. The molecule has 0 aromatic carbocycles. The first-order valence-corrected chi connectivity index (χ1v) is 2.24. The molecule has 6 heavy (non-hydrogen) atoms. The molecule has 1 aliphatic heterocycles. The van der Waals surface area contributed by atoms with Crippen LogP contribution in [0.25, 0.3) is 0 Å². The van der Waals surface area contributed by atoms with Crippen LogP contribution in [0.1, 0.15) is 0 Å². The van der Waals surface area contributed by atoms with Crippen molar-refractivity contribution in [1.82, 2.24) is 4.90 Å². The number of nitrogens with zero attached hydrogens (tertiary/aromatic N) is 1. The van der Waals surface area contributed by atoms with Crippen molar-refractivity contribution in [3.8, 4) is 0 Å². The lowest BCUT2D eigenvalue weighted by molar-refractivity contribution is 0.180. The van der Waals surface area contributed by atoms with Crippen LogP contribution in [0.3, 0.4) is 0 Å². The van der Waals surface area contributed by atoms with Crippen LogP contribution in [-0.4, -0.2) is 31.1 Å². The van der Waals surface area contributed by atoms with Gasteiger partial charge in [-0.1, -0.05) is 0 Å². The minimum atomic E-state index is 0.0694. The summed E-state index contributed by atoms with van der Waals surface area (Å²) in [6.07, 6.45) is 0. The van der Waals surface area contributed by atoms with E-state index in [1.807, 2.05) is 0 Å². The van der Waals surface area contributed by atoms with Crippen LogP contribution in [0.2, 0.25) is 0 Å². The molecule has 0 aromatic rings. The Kier molecular flexibility index (Phi) is 1.08. The fourth-order valence-electron chi connectivity index (χ4n) is 0.423. The summed E-state index contributed by atoms with van der Waals surface area (Å²) in [5, 5.41) is 9.74. The van der Waals surface area contributed by atoms with E-state index in [4.69, 9.17) is 0 Å². The molecule has 1 heterocycles. The first-order chi connectivity index (χ1) is 2.93. The van der Waals surface area contributed by atoms with Gasteiger partial charge in [-0.15, -0.1) is 0 Å². The highest BCUT2D eigenvalue weighted by molar-refractivity contribution is 4.70. The van der Waals surface area contributed by atoms with Crippen LogP contribution in [0, 0.1) is 0 Å². The van der Waals surface area contributed by atoms with Gasteiger partial charge in [0.05, 0.1) is 6.61 Å². The molecule has 2 heteroatoms. The van der Waals surface area contributed by atoms with Gasteiger partial charge in [0.25, 0.3) is 0 Å². The quantitative estimate of drug-likeness (QED) is 0.424. The van der Waals surface area contributed by atoms with Crippen molar-refractivity contribution in [2.75, 3.05) is 26.2 Å². The molecule has 0 unspecified atom stereocenters. The lowest BCUT2D eigenvalue weighted by atomic mass is 10.7. The maximum absolute atomic E-state index is 9.74. The van der Waals surface area contributed by atoms with E-state index in [1.165, 1.54) is 0 Å². The van der Waals surface area contributed by atoms with Gasteiger partial charge < -0.3 is 0 Å². The van der Waals surface area contributed by atoms with E-state index in [0.717, 1.165) is 19.6 Å². The predicted octanol–water partition coefficient (Wildman–Crippen LogP) is -0.267. The molecule has 35 valence electrons. The summed E-state index contributed by atoms with van der Waals surface area (Å²) < 4.78 is 0. The van der Waals surface area contributed by atoms with Crippen LogP contribution in [0.4, 0.5) is 0 Å². The third kappa shape index (κ3) is 0.954. The van der Waals surface area contributed by atoms with E-state index in [0.29, 0.717) is 0 Å². The van der Waals surface area contributed by atoms with E-state index in [9.17, 15) is 5.11 Å². The van der Waals surface area contributed by atoms with Crippen LogP contribution < -0.4 is 0 Å². The number of rotatable bonds is 2. The van der Waals surface area contributed by atoms with Gasteiger partial charge in [-0.05, 0) is 0 Å². The Labute approximate surface area is 37.4 Å². The molecule has 0 aromatic heterocycles. The van der Waals surface area contributed by atoms with Crippen molar-refractivity contribution >= 4 is 0 Å². The van der Waals surface area contributed by atoms with E-state index in [2.05, 4.69) is 4.90 Å². The topological polar surface area (TPSA) is 22.9 Å². The van der Waals surface area contributed by atoms with Gasteiger partial charge in [0.15, 0.2) is 0 Å². The fraction of sp³-hybridized carbons (Fsp3) is 1.00. The Morgan fingerprint density at radius 2 is 2.17 bits per heavy atom. The smallest absolute Gasteiger partial charge is 0.0949 e. The molecule has 1 saturated heterocycles. The van der Waals surface area contributed by atoms with Gasteiger partial charge in [-0.25, -0.2) is 5.11 Å². The summed E-state index contributed by atoms with van der Waals surface area (Å²) >= 11 is 0. The molecule has 1 radical (unpaired) electrons. The van der Waals surface area contributed by atoms with Crippen molar-refractivity contribution in [2.24, 2.45) is 0 Å². The summed E-state index contributed by atoms with van der Waals surface area (Å²) in [6.45, 7) is 3.14. The van der Waals surface area contributed by atoms with Crippen molar-refractivity contribution in [2.45, 2.75) is 0 Å². The van der Waals surface area contributed by atoms with Crippen molar-refractivity contribution in [3.63, 3.8) is 0 Å². The van der Waals surface area contributed by atoms with Gasteiger partial charge in [0, 0.05) is 19.6 Å². The normalized spacial score (nSPS) is 21.5. The van der Waals surface area contributed by atoms with Crippen LogP contribution in [0.5, 0.6) is 0 Å². The molecule has 0 amide bonds. The monoisotopic (exact) mass is 86.1 g/mol. The molecule has 0 N–H and O–H groups in total. The summed E-state index contributed by atoms with van der Waals surface area (Å²) in [5.41, 5.74) is 0. The highest BCUT2D eigenvalue weighted by atomic mass is 16.3. The molecule has 2 nitrogen and oxygen atoms in total.